The predicted molar refractivity (Wildman–Crippen MR) is 53.8 cm³/mol. The van der Waals surface area contributed by atoms with E-state index in [1.165, 1.54) is 0 Å². The molecule has 0 N–H and O–H groups in total. The van der Waals surface area contributed by atoms with Crippen LogP contribution in [-0.2, 0) is 18.3 Å². The molecule has 0 aliphatic carbocycles. The van der Waals surface area contributed by atoms with E-state index < -0.39 is 0 Å². The molecule has 2 heterocycles. The third-order valence-electron chi connectivity index (χ3n) is 2.45. The molecule has 1 aromatic heterocycles. The minimum absolute atomic E-state index is 0.289. The van der Waals surface area contributed by atoms with Crippen molar-refractivity contribution in [2.45, 2.75) is 12.6 Å². The fraction of sp³-hybridized carbons (Fsp3) is 0.600. The third kappa shape index (κ3) is 2.55. The Hall–Kier alpha value is -1.38. The van der Waals surface area contributed by atoms with Gasteiger partial charge in [0.05, 0.1) is 18.4 Å². The lowest BCUT2D eigenvalue weighted by Gasteiger charge is -2.28. The van der Waals surface area contributed by atoms with Gasteiger partial charge in [-0.15, -0.1) is 0 Å². The Balaban J connectivity index is 1.92. The molecular weight excluding hydrogens is 192 g/mol. The van der Waals surface area contributed by atoms with Gasteiger partial charge < -0.3 is 4.74 Å². The minimum atomic E-state index is -0.289. The van der Waals surface area contributed by atoms with E-state index in [9.17, 15) is 0 Å². The van der Waals surface area contributed by atoms with Crippen molar-refractivity contribution in [3.63, 3.8) is 0 Å². The van der Waals surface area contributed by atoms with Crippen molar-refractivity contribution in [1.29, 1.82) is 5.26 Å². The molecule has 80 valence electrons. The summed E-state index contributed by atoms with van der Waals surface area (Å²) in [6.07, 6.45) is 1.64. The number of hydrogen-bond donors (Lipinski definition) is 0. The molecule has 2 rings (SSSR count). The first-order valence-electron chi connectivity index (χ1n) is 5.00. The van der Waals surface area contributed by atoms with Crippen molar-refractivity contribution < 1.29 is 4.74 Å². The average Bonchev–Trinajstić information content (AvgIpc) is 2.64. The summed E-state index contributed by atoms with van der Waals surface area (Å²) in [5.41, 5.74) is 1.04. The zero-order valence-electron chi connectivity index (χ0n) is 8.76. The molecular formula is C10H14N4O. The van der Waals surface area contributed by atoms with Gasteiger partial charge in [-0.3, -0.25) is 9.58 Å². The largest absolute Gasteiger partial charge is 0.361 e. The van der Waals surface area contributed by atoms with Crippen molar-refractivity contribution in [2.24, 2.45) is 7.05 Å². The van der Waals surface area contributed by atoms with Crippen LogP contribution in [0.4, 0.5) is 0 Å². The van der Waals surface area contributed by atoms with Crippen molar-refractivity contribution in [2.75, 3.05) is 19.7 Å². The van der Waals surface area contributed by atoms with E-state index in [4.69, 9.17) is 10.00 Å². The summed E-state index contributed by atoms with van der Waals surface area (Å²) in [7, 11) is 1.90. The molecule has 1 fully saturated rings. The topological polar surface area (TPSA) is 54.1 Å². The highest BCUT2D eigenvalue weighted by Crippen LogP contribution is 2.08. The zero-order chi connectivity index (χ0) is 10.7. The lowest BCUT2D eigenvalue weighted by atomic mass is 10.3. The second-order valence-corrected chi connectivity index (χ2v) is 3.70. The lowest BCUT2D eigenvalue weighted by molar-refractivity contribution is -0.00316. The molecule has 1 aromatic rings. The highest BCUT2D eigenvalue weighted by molar-refractivity contribution is 4.99. The van der Waals surface area contributed by atoms with E-state index in [1.807, 2.05) is 19.3 Å². The standard InChI is InChI=1S/C10H14N4O/c1-13-3-2-9(12-13)7-14-4-5-15-10(6-11)8-14/h2-3,10H,4-5,7-8H2,1H3. The van der Waals surface area contributed by atoms with Gasteiger partial charge >= 0.3 is 0 Å². The number of nitrogens with zero attached hydrogens (tertiary/aromatic N) is 4. The van der Waals surface area contributed by atoms with Crippen molar-refractivity contribution in [3.8, 4) is 6.07 Å². The van der Waals surface area contributed by atoms with Crippen LogP contribution in [0.3, 0.4) is 0 Å². The molecule has 0 saturated carbocycles. The summed E-state index contributed by atoms with van der Waals surface area (Å²) in [5.74, 6) is 0. The highest BCUT2D eigenvalue weighted by atomic mass is 16.5. The number of hydrogen-bond acceptors (Lipinski definition) is 4. The van der Waals surface area contributed by atoms with Gasteiger partial charge in [0.1, 0.15) is 0 Å². The molecule has 0 amide bonds. The highest BCUT2D eigenvalue weighted by Gasteiger charge is 2.20. The van der Waals surface area contributed by atoms with Crippen molar-refractivity contribution in [1.82, 2.24) is 14.7 Å². The molecule has 0 bridgehead atoms. The quantitative estimate of drug-likeness (QED) is 0.691. The second kappa shape index (κ2) is 4.43. The first-order chi connectivity index (χ1) is 7.28. The van der Waals surface area contributed by atoms with E-state index >= 15 is 0 Å². The number of nitriles is 1. The van der Waals surface area contributed by atoms with Gasteiger partial charge in [0.15, 0.2) is 6.10 Å². The molecule has 1 atom stereocenters. The van der Waals surface area contributed by atoms with Gasteiger partial charge in [-0.2, -0.15) is 10.4 Å². The maximum atomic E-state index is 8.76. The molecule has 0 aromatic carbocycles. The molecule has 1 aliphatic rings. The fourth-order valence-corrected chi connectivity index (χ4v) is 1.70. The molecule has 0 spiro atoms. The van der Waals surface area contributed by atoms with E-state index in [-0.39, 0.29) is 6.10 Å². The molecule has 1 unspecified atom stereocenters. The summed E-state index contributed by atoms with van der Waals surface area (Å²) < 4.78 is 7.06. The predicted octanol–water partition coefficient (Wildman–Crippen LogP) is 0.144. The Morgan fingerprint density at radius 2 is 2.60 bits per heavy atom. The smallest absolute Gasteiger partial charge is 0.156 e. The van der Waals surface area contributed by atoms with Crippen LogP contribution in [0.2, 0.25) is 0 Å². The van der Waals surface area contributed by atoms with Gasteiger partial charge in [-0.1, -0.05) is 0 Å². The van der Waals surface area contributed by atoms with Crippen LogP contribution in [0.5, 0.6) is 0 Å². The van der Waals surface area contributed by atoms with Crippen molar-refractivity contribution in [3.05, 3.63) is 18.0 Å². The number of ether oxygens (including phenoxy) is 1. The summed E-state index contributed by atoms with van der Waals surface area (Å²) in [5, 5.41) is 13.1. The van der Waals surface area contributed by atoms with E-state index in [0.717, 1.165) is 18.8 Å². The van der Waals surface area contributed by atoms with Crippen LogP contribution in [0.25, 0.3) is 0 Å². The SMILES string of the molecule is Cn1ccc(CN2CCOC(C#N)C2)n1. The molecule has 5 heteroatoms. The number of morpholine rings is 1. The van der Waals surface area contributed by atoms with Gasteiger partial charge in [0.2, 0.25) is 0 Å². The molecule has 0 radical (unpaired) electrons. The number of aromatic nitrogens is 2. The monoisotopic (exact) mass is 206 g/mol. The summed E-state index contributed by atoms with van der Waals surface area (Å²) in [6, 6.07) is 4.13. The minimum Gasteiger partial charge on any atom is -0.361 e. The van der Waals surface area contributed by atoms with E-state index in [2.05, 4.69) is 16.1 Å². The molecule has 15 heavy (non-hydrogen) atoms. The van der Waals surface area contributed by atoms with Gasteiger partial charge in [0.25, 0.3) is 0 Å². The number of rotatable bonds is 2. The van der Waals surface area contributed by atoms with Crippen LogP contribution in [0.1, 0.15) is 5.69 Å². The fourth-order valence-electron chi connectivity index (χ4n) is 1.70. The first kappa shape index (κ1) is 10.1. The lowest BCUT2D eigenvalue weighted by Crippen LogP contribution is -2.41. The Kier molecular flexibility index (Phi) is 2.99. The average molecular weight is 206 g/mol. The molecule has 1 saturated heterocycles. The molecule has 5 nitrogen and oxygen atoms in total. The van der Waals surface area contributed by atoms with E-state index in [0.29, 0.717) is 13.2 Å². The Bertz CT molecular complexity index is 368. The van der Waals surface area contributed by atoms with Gasteiger partial charge in [-0.05, 0) is 6.07 Å². The zero-order valence-corrected chi connectivity index (χ0v) is 8.76. The van der Waals surface area contributed by atoms with Crippen LogP contribution in [0, 0.1) is 11.3 Å². The van der Waals surface area contributed by atoms with Crippen LogP contribution in [0.15, 0.2) is 12.3 Å². The van der Waals surface area contributed by atoms with Crippen LogP contribution < -0.4 is 0 Å². The normalized spacial score (nSPS) is 22.5. The van der Waals surface area contributed by atoms with E-state index in [1.54, 1.807) is 4.68 Å². The van der Waals surface area contributed by atoms with Crippen LogP contribution in [-0.4, -0.2) is 40.5 Å². The number of aryl methyl sites for hydroxylation is 1. The summed E-state index contributed by atoms with van der Waals surface area (Å²) >= 11 is 0. The Morgan fingerprint density at radius 1 is 1.73 bits per heavy atom. The van der Waals surface area contributed by atoms with Crippen LogP contribution >= 0.6 is 0 Å². The van der Waals surface area contributed by atoms with Crippen molar-refractivity contribution >= 4 is 0 Å². The summed E-state index contributed by atoms with van der Waals surface area (Å²) in [6.45, 7) is 2.97. The Labute approximate surface area is 88.9 Å². The maximum absolute atomic E-state index is 8.76. The third-order valence-corrected chi connectivity index (χ3v) is 2.45. The van der Waals surface area contributed by atoms with Gasteiger partial charge in [-0.25, -0.2) is 0 Å². The molecule has 1 aliphatic heterocycles. The first-order valence-corrected chi connectivity index (χ1v) is 5.00. The van der Waals surface area contributed by atoms with Gasteiger partial charge in [0, 0.05) is 32.9 Å². The second-order valence-electron chi connectivity index (χ2n) is 3.70. The maximum Gasteiger partial charge on any atom is 0.156 e. The summed E-state index contributed by atoms with van der Waals surface area (Å²) in [4.78, 5) is 2.19. The Morgan fingerprint density at radius 3 is 3.27 bits per heavy atom.